The quantitative estimate of drug-likeness (QED) is 0.603. The largest absolute Gasteiger partial charge is 0.312 e. The molecule has 0 aliphatic rings. The summed E-state index contributed by atoms with van der Waals surface area (Å²) in [6.07, 6.45) is 5.05. The number of hydrogen-bond acceptors (Lipinski definition) is 2. The van der Waals surface area contributed by atoms with Crippen molar-refractivity contribution in [3.05, 3.63) is 0 Å². The van der Waals surface area contributed by atoms with Gasteiger partial charge in [0.05, 0.1) is 0 Å². The molecule has 0 fully saturated rings. The van der Waals surface area contributed by atoms with Gasteiger partial charge in [0, 0.05) is 18.6 Å². The molecule has 0 aliphatic heterocycles. The van der Waals surface area contributed by atoms with Gasteiger partial charge in [0.2, 0.25) is 0 Å². The molecule has 0 rings (SSSR count). The van der Waals surface area contributed by atoms with Crippen LogP contribution in [0, 0.1) is 5.92 Å². The van der Waals surface area contributed by atoms with Gasteiger partial charge in [-0.2, -0.15) is 0 Å². The lowest BCUT2D eigenvalue weighted by molar-refractivity contribution is 0.138. The Labute approximate surface area is 116 Å². The SMILES string of the molecule is CCCNC(CCC)C(CC)N(CC)CC(C)C. The molecule has 2 unspecified atom stereocenters. The maximum atomic E-state index is 3.77. The zero-order chi connectivity index (χ0) is 14.0. The van der Waals surface area contributed by atoms with E-state index in [1.165, 1.54) is 38.8 Å². The van der Waals surface area contributed by atoms with Gasteiger partial charge in [0.1, 0.15) is 0 Å². The van der Waals surface area contributed by atoms with Crippen LogP contribution in [0.1, 0.15) is 67.2 Å². The van der Waals surface area contributed by atoms with E-state index in [2.05, 4.69) is 51.8 Å². The molecule has 18 heavy (non-hydrogen) atoms. The van der Waals surface area contributed by atoms with Crippen LogP contribution in [0.2, 0.25) is 0 Å². The smallest absolute Gasteiger partial charge is 0.0246 e. The standard InChI is InChI=1S/C16H36N2/c1-7-11-15(17-12-8-2)16(9-3)18(10-4)13-14(5)6/h14-17H,7-13H2,1-6H3. The fourth-order valence-electron chi connectivity index (χ4n) is 2.84. The molecule has 0 aromatic carbocycles. The van der Waals surface area contributed by atoms with Gasteiger partial charge in [-0.1, -0.05) is 48.0 Å². The van der Waals surface area contributed by atoms with Crippen molar-refractivity contribution >= 4 is 0 Å². The molecular formula is C16H36N2. The second kappa shape index (κ2) is 10.8. The van der Waals surface area contributed by atoms with Crippen LogP contribution in [0.25, 0.3) is 0 Å². The van der Waals surface area contributed by atoms with E-state index in [9.17, 15) is 0 Å². The van der Waals surface area contributed by atoms with E-state index in [1.54, 1.807) is 0 Å². The molecule has 0 saturated carbocycles. The van der Waals surface area contributed by atoms with Crippen LogP contribution in [0.4, 0.5) is 0 Å². The van der Waals surface area contributed by atoms with E-state index in [-0.39, 0.29) is 0 Å². The fourth-order valence-corrected chi connectivity index (χ4v) is 2.84. The van der Waals surface area contributed by atoms with Crippen molar-refractivity contribution in [3.8, 4) is 0 Å². The van der Waals surface area contributed by atoms with E-state index in [4.69, 9.17) is 0 Å². The van der Waals surface area contributed by atoms with Crippen LogP contribution in [0.15, 0.2) is 0 Å². The summed E-state index contributed by atoms with van der Waals surface area (Å²) in [5.74, 6) is 0.757. The minimum absolute atomic E-state index is 0.665. The van der Waals surface area contributed by atoms with Gasteiger partial charge in [-0.25, -0.2) is 0 Å². The molecule has 110 valence electrons. The lowest BCUT2D eigenvalue weighted by Crippen LogP contribution is -2.51. The lowest BCUT2D eigenvalue weighted by Gasteiger charge is -2.37. The average Bonchev–Trinajstić information content (AvgIpc) is 2.34. The molecule has 0 amide bonds. The first kappa shape index (κ1) is 17.9. The van der Waals surface area contributed by atoms with Crippen molar-refractivity contribution in [3.63, 3.8) is 0 Å². The summed E-state index contributed by atoms with van der Waals surface area (Å²) >= 11 is 0. The van der Waals surface area contributed by atoms with Crippen molar-refractivity contribution in [2.45, 2.75) is 79.3 Å². The Balaban J connectivity index is 4.60. The summed E-state index contributed by atoms with van der Waals surface area (Å²) in [6, 6.07) is 1.36. The maximum Gasteiger partial charge on any atom is 0.0246 e. The molecule has 2 nitrogen and oxygen atoms in total. The lowest BCUT2D eigenvalue weighted by atomic mass is 9.98. The highest BCUT2D eigenvalue weighted by atomic mass is 15.2. The Bertz CT molecular complexity index is 180. The Kier molecular flexibility index (Phi) is 10.8. The highest BCUT2D eigenvalue weighted by molar-refractivity contribution is 4.83. The zero-order valence-electron chi connectivity index (χ0n) is 13.6. The van der Waals surface area contributed by atoms with Crippen LogP contribution in [0.5, 0.6) is 0 Å². The summed E-state index contributed by atoms with van der Waals surface area (Å²) in [5, 5.41) is 3.77. The van der Waals surface area contributed by atoms with Crippen LogP contribution >= 0.6 is 0 Å². The monoisotopic (exact) mass is 256 g/mol. The first-order valence-corrected chi connectivity index (χ1v) is 8.07. The normalized spacial score (nSPS) is 15.3. The maximum absolute atomic E-state index is 3.77. The summed E-state index contributed by atoms with van der Waals surface area (Å²) in [6.45, 7) is 17.4. The van der Waals surface area contributed by atoms with Crippen molar-refractivity contribution in [1.29, 1.82) is 0 Å². The van der Waals surface area contributed by atoms with E-state index in [0.29, 0.717) is 12.1 Å². The first-order chi connectivity index (χ1) is 8.60. The molecule has 0 saturated heterocycles. The Morgan fingerprint density at radius 3 is 2.06 bits per heavy atom. The molecule has 0 aromatic rings. The number of likely N-dealkylation sites (N-methyl/N-ethyl adjacent to an activating group) is 1. The third-order valence-electron chi connectivity index (χ3n) is 3.61. The predicted molar refractivity (Wildman–Crippen MR) is 83.2 cm³/mol. The van der Waals surface area contributed by atoms with Crippen molar-refractivity contribution in [2.75, 3.05) is 19.6 Å². The first-order valence-electron chi connectivity index (χ1n) is 8.07. The molecule has 0 aromatic heterocycles. The Morgan fingerprint density at radius 1 is 1.00 bits per heavy atom. The van der Waals surface area contributed by atoms with Crippen molar-refractivity contribution < 1.29 is 0 Å². The minimum atomic E-state index is 0.665. The number of nitrogens with one attached hydrogen (secondary N) is 1. The molecule has 2 atom stereocenters. The van der Waals surface area contributed by atoms with E-state index < -0.39 is 0 Å². The average molecular weight is 256 g/mol. The second-order valence-corrected chi connectivity index (χ2v) is 5.81. The van der Waals surface area contributed by atoms with Gasteiger partial charge in [-0.3, -0.25) is 4.90 Å². The third kappa shape index (κ3) is 6.75. The Morgan fingerprint density at radius 2 is 1.67 bits per heavy atom. The molecule has 0 radical (unpaired) electrons. The second-order valence-electron chi connectivity index (χ2n) is 5.81. The van der Waals surface area contributed by atoms with Crippen LogP contribution in [0.3, 0.4) is 0 Å². The molecule has 0 heterocycles. The molecule has 0 spiro atoms. The van der Waals surface area contributed by atoms with Gasteiger partial charge in [0.25, 0.3) is 0 Å². The highest BCUT2D eigenvalue weighted by Crippen LogP contribution is 2.15. The van der Waals surface area contributed by atoms with E-state index in [0.717, 1.165) is 12.5 Å². The topological polar surface area (TPSA) is 15.3 Å². The van der Waals surface area contributed by atoms with Gasteiger partial charge in [0.15, 0.2) is 0 Å². The summed E-state index contributed by atoms with van der Waals surface area (Å²) in [4.78, 5) is 2.67. The van der Waals surface area contributed by atoms with Gasteiger partial charge in [-0.05, 0) is 38.3 Å². The molecule has 1 N–H and O–H groups in total. The number of rotatable bonds is 11. The number of hydrogen-bond donors (Lipinski definition) is 1. The molecule has 0 aliphatic carbocycles. The van der Waals surface area contributed by atoms with Crippen molar-refractivity contribution in [2.24, 2.45) is 5.92 Å². The zero-order valence-corrected chi connectivity index (χ0v) is 13.6. The summed E-state index contributed by atoms with van der Waals surface area (Å²) in [5.41, 5.74) is 0. The van der Waals surface area contributed by atoms with Gasteiger partial charge < -0.3 is 5.32 Å². The van der Waals surface area contributed by atoms with Gasteiger partial charge in [-0.15, -0.1) is 0 Å². The molecule has 2 heteroatoms. The fraction of sp³-hybridized carbons (Fsp3) is 1.00. The van der Waals surface area contributed by atoms with Gasteiger partial charge >= 0.3 is 0 Å². The molecule has 0 bridgehead atoms. The van der Waals surface area contributed by atoms with Crippen LogP contribution in [-0.2, 0) is 0 Å². The Hall–Kier alpha value is -0.0800. The highest BCUT2D eigenvalue weighted by Gasteiger charge is 2.24. The van der Waals surface area contributed by atoms with E-state index >= 15 is 0 Å². The number of nitrogens with zero attached hydrogens (tertiary/aromatic N) is 1. The third-order valence-corrected chi connectivity index (χ3v) is 3.61. The summed E-state index contributed by atoms with van der Waals surface area (Å²) < 4.78 is 0. The van der Waals surface area contributed by atoms with E-state index in [1.807, 2.05) is 0 Å². The predicted octanol–water partition coefficient (Wildman–Crippen LogP) is 3.91. The molecular weight excluding hydrogens is 220 g/mol. The summed E-state index contributed by atoms with van der Waals surface area (Å²) in [7, 11) is 0. The van der Waals surface area contributed by atoms with Crippen LogP contribution < -0.4 is 5.32 Å². The minimum Gasteiger partial charge on any atom is -0.312 e. The van der Waals surface area contributed by atoms with Crippen LogP contribution in [-0.4, -0.2) is 36.6 Å². The van der Waals surface area contributed by atoms with Crippen molar-refractivity contribution in [1.82, 2.24) is 10.2 Å².